The smallest absolute Gasteiger partial charge is 0.261 e. The minimum Gasteiger partial charge on any atom is -0.497 e. The van der Waals surface area contributed by atoms with E-state index in [9.17, 15) is 13.2 Å². The zero-order chi connectivity index (χ0) is 22.6. The highest BCUT2D eigenvalue weighted by atomic mass is 32.2. The van der Waals surface area contributed by atoms with Crippen LogP contribution in [0.3, 0.4) is 0 Å². The molecule has 0 bridgehead atoms. The van der Waals surface area contributed by atoms with Gasteiger partial charge >= 0.3 is 0 Å². The van der Waals surface area contributed by atoms with Gasteiger partial charge in [-0.3, -0.25) is 9.52 Å². The average molecular weight is 476 g/mol. The summed E-state index contributed by atoms with van der Waals surface area (Å²) in [4.78, 5) is 18.8. The maximum absolute atomic E-state index is 12.8. The molecule has 4 rings (SSSR count). The molecular weight excluding hydrogens is 450 g/mol. The number of amides is 1. The molecule has 10 heteroatoms. The number of hydrogen-bond donors (Lipinski definition) is 1. The number of nitrogens with zero attached hydrogens (tertiary/aromatic N) is 2. The van der Waals surface area contributed by atoms with Gasteiger partial charge in [-0.2, -0.15) is 0 Å². The van der Waals surface area contributed by atoms with Crippen LogP contribution in [0.1, 0.15) is 25.7 Å². The van der Waals surface area contributed by atoms with Crippen molar-refractivity contribution >= 4 is 44.5 Å². The van der Waals surface area contributed by atoms with E-state index in [1.165, 1.54) is 36.7 Å². The van der Waals surface area contributed by atoms with Crippen LogP contribution >= 0.6 is 11.8 Å². The summed E-state index contributed by atoms with van der Waals surface area (Å²) >= 11 is 1.23. The molecule has 1 aliphatic heterocycles. The van der Waals surface area contributed by atoms with Crippen LogP contribution in [-0.2, 0) is 14.8 Å². The van der Waals surface area contributed by atoms with E-state index in [0.717, 1.165) is 25.9 Å². The van der Waals surface area contributed by atoms with Crippen molar-refractivity contribution in [2.75, 3.05) is 30.7 Å². The number of hydrogen-bond acceptors (Lipinski definition) is 7. The molecule has 32 heavy (non-hydrogen) atoms. The number of rotatable bonds is 7. The molecule has 1 fully saturated rings. The summed E-state index contributed by atoms with van der Waals surface area (Å²) in [6.45, 7) is 1.60. The zero-order valence-electron chi connectivity index (χ0n) is 17.7. The molecule has 2 heterocycles. The molecule has 1 saturated heterocycles. The zero-order valence-corrected chi connectivity index (χ0v) is 19.4. The van der Waals surface area contributed by atoms with Gasteiger partial charge in [-0.05, 0) is 55.3 Å². The topological polar surface area (TPSA) is 102 Å². The Labute approximate surface area is 191 Å². The van der Waals surface area contributed by atoms with Crippen molar-refractivity contribution in [3.8, 4) is 5.75 Å². The number of aromatic nitrogens is 1. The summed E-state index contributed by atoms with van der Waals surface area (Å²) in [5, 5.41) is 0.348. The van der Waals surface area contributed by atoms with E-state index < -0.39 is 10.0 Å². The second-order valence-corrected chi connectivity index (χ2v) is 10.1. The first-order valence-electron chi connectivity index (χ1n) is 10.4. The van der Waals surface area contributed by atoms with E-state index in [2.05, 4.69) is 9.71 Å². The minimum atomic E-state index is -3.80. The molecule has 0 spiro atoms. The van der Waals surface area contributed by atoms with Gasteiger partial charge in [-0.15, -0.1) is 0 Å². The number of anilines is 1. The fourth-order valence-corrected chi connectivity index (χ4v) is 5.34. The number of oxazole rings is 1. The number of fused-ring (bicyclic) bond motifs is 1. The summed E-state index contributed by atoms with van der Waals surface area (Å²) < 4.78 is 38.9. The normalized spacial score (nSPS) is 14.8. The Morgan fingerprint density at radius 2 is 1.84 bits per heavy atom. The van der Waals surface area contributed by atoms with Crippen LogP contribution in [0.2, 0.25) is 0 Å². The van der Waals surface area contributed by atoms with Crippen molar-refractivity contribution in [3.63, 3.8) is 0 Å². The number of sulfonamides is 1. The van der Waals surface area contributed by atoms with Crippen molar-refractivity contribution in [1.82, 2.24) is 9.88 Å². The minimum absolute atomic E-state index is 0.0751. The predicted octanol–water partition coefficient (Wildman–Crippen LogP) is 4.13. The number of nitrogens with one attached hydrogen (secondary N) is 1. The Bertz CT molecular complexity index is 1180. The lowest BCUT2D eigenvalue weighted by Gasteiger charge is -2.19. The third-order valence-electron chi connectivity index (χ3n) is 5.27. The number of thioether (sulfide) groups is 1. The third kappa shape index (κ3) is 5.36. The first kappa shape index (κ1) is 22.5. The van der Waals surface area contributed by atoms with Crippen LogP contribution in [0.5, 0.6) is 5.75 Å². The van der Waals surface area contributed by atoms with Gasteiger partial charge in [0.15, 0.2) is 5.58 Å². The quantitative estimate of drug-likeness (QED) is 0.513. The SMILES string of the molecule is COc1ccc(NS(=O)(=O)c2ccc3oc(SCC(=O)N4CCCCCC4)nc3c2)cc1. The first-order valence-corrected chi connectivity index (χ1v) is 12.9. The number of likely N-dealkylation sites (tertiary alicyclic amines) is 1. The fraction of sp³-hybridized carbons (Fsp3) is 0.364. The van der Waals surface area contributed by atoms with Crippen LogP contribution in [0.15, 0.2) is 57.0 Å². The van der Waals surface area contributed by atoms with Crippen molar-refractivity contribution in [1.29, 1.82) is 0 Å². The van der Waals surface area contributed by atoms with Crippen LogP contribution < -0.4 is 9.46 Å². The molecule has 3 aromatic rings. The van der Waals surface area contributed by atoms with Gasteiger partial charge in [0.1, 0.15) is 11.3 Å². The average Bonchev–Trinajstić information content (AvgIpc) is 3.00. The molecule has 170 valence electrons. The number of carbonyl (C=O) groups is 1. The van der Waals surface area contributed by atoms with Gasteiger partial charge in [0.25, 0.3) is 15.2 Å². The molecular formula is C22H25N3O5S2. The molecule has 8 nitrogen and oxygen atoms in total. The van der Waals surface area contributed by atoms with Crippen LogP contribution in [-0.4, -0.2) is 50.2 Å². The lowest BCUT2D eigenvalue weighted by Crippen LogP contribution is -2.33. The van der Waals surface area contributed by atoms with Crippen molar-refractivity contribution in [3.05, 3.63) is 42.5 Å². The van der Waals surface area contributed by atoms with Gasteiger partial charge in [0, 0.05) is 18.8 Å². The van der Waals surface area contributed by atoms with E-state index in [0.29, 0.717) is 27.8 Å². The summed E-state index contributed by atoms with van der Waals surface area (Å²) in [5.74, 6) is 0.958. The second kappa shape index (κ2) is 9.83. The van der Waals surface area contributed by atoms with Gasteiger partial charge in [0.2, 0.25) is 5.91 Å². The highest BCUT2D eigenvalue weighted by Crippen LogP contribution is 2.27. The van der Waals surface area contributed by atoms with Crippen molar-refractivity contribution in [2.45, 2.75) is 35.8 Å². The van der Waals surface area contributed by atoms with Crippen molar-refractivity contribution in [2.24, 2.45) is 0 Å². The van der Waals surface area contributed by atoms with Gasteiger partial charge < -0.3 is 14.1 Å². The molecule has 1 aromatic heterocycles. The third-order valence-corrected chi connectivity index (χ3v) is 7.46. The summed E-state index contributed by atoms with van der Waals surface area (Å²) in [6, 6.07) is 11.1. The number of ether oxygens (including phenoxy) is 1. The Hall–Kier alpha value is -2.72. The molecule has 0 unspecified atom stereocenters. The molecule has 0 atom stereocenters. The molecule has 1 amide bonds. The second-order valence-electron chi connectivity index (χ2n) is 7.53. The van der Waals surface area contributed by atoms with E-state index >= 15 is 0 Å². The largest absolute Gasteiger partial charge is 0.497 e. The highest BCUT2D eigenvalue weighted by Gasteiger charge is 2.19. The number of carbonyl (C=O) groups excluding carboxylic acids is 1. The van der Waals surface area contributed by atoms with E-state index in [-0.39, 0.29) is 16.6 Å². The van der Waals surface area contributed by atoms with Gasteiger partial charge in [0.05, 0.1) is 17.8 Å². The van der Waals surface area contributed by atoms with E-state index in [4.69, 9.17) is 9.15 Å². The first-order chi connectivity index (χ1) is 15.4. The number of benzene rings is 2. The molecule has 0 aliphatic carbocycles. The van der Waals surface area contributed by atoms with Crippen LogP contribution in [0.25, 0.3) is 11.1 Å². The lowest BCUT2D eigenvalue weighted by molar-refractivity contribution is -0.128. The standard InChI is InChI=1S/C22H25N3O5S2/c1-29-17-8-6-16(7-9-17)24-32(27,28)18-10-11-20-19(14-18)23-22(30-20)31-15-21(26)25-12-4-2-3-5-13-25/h6-11,14,24H,2-5,12-13,15H2,1H3. The molecule has 0 saturated carbocycles. The van der Waals surface area contributed by atoms with E-state index in [1.807, 2.05) is 4.90 Å². The Morgan fingerprint density at radius 3 is 2.53 bits per heavy atom. The van der Waals surface area contributed by atoms with Crippen LogP contribution in [0, 0.1) is 0 Å². The molecule has 2 aromatic carbocycles. The Morgan fingerprint density at radius 1 is 1.12 bits per heavy atom. The fourth-order valence-electron chi connectivity index (χ4n) is 3.52. The summed E-state index contributed by atoms with van der Waals surface area (Å²) in [7, 11) is -2.25. The summed E-state index contributed by atoms with van der Waals surface area (Å²) in [5.41, 5.74) is 1.32. The number of methoxy groups -OCH3 is 1. The molecule has 1 aliphatic rings. The maximum Gasteiger partial charge on any atom is 0.261 e. The Balaban J connectivity index is 1.44. The van der Waals surface area contributed by atoms with Crippen molar-refractivity contribution < 1.29 is 22.4 Å². The lowest BCUT2D eigenvalue weighted by atomic mass is 10.2. The Kier molecular flexibility index (Phi) is 6.90. The van der Waals surface area contributed by atoms with E-state index in [1.54, 1.807) is 37.4 Å². The maximum atomic E-state index is 12.8. The summed E-state index contributed by atoms with van der Waals surface area (Å²) in [6.07, 6.45) is 4.42. The molecule has 1 N–H and O–H groups in total. The molecule has 0 radical (unpaired) electrons. The predicted molar refractivity (Wildman–Crippen MR) is 124 cm³/mol. The van der Waals surface area contributed by atoms with Gasteiger partial charge in [-0.1, -0.05) is 24.6 Å². The highest BCUT2D eigenvalue weighted by molar-refractivity contribution is 7.99. The monoisotopic (exact) mass is 475 g/mol. The van der Waals surface area contributed by atoms with Crippen LogP contribution in [0.4, 0.5) is 5.69 Å². The van der Waals surface area contributed by atoms with Gasteiger partial charge in [-0.25, -0.2) is 13.4 Å².